The molecule has 0 spiro atoms. The average molecular weight is 346 g/mol. The van der Waals surface area contributed by atoms with Gasteiger partial charge in [0.15, 0.2) is 5.69 Å². The zero-order valence-corrected chi connectivity index (χ0v) is 14.5. The zero-order valence-electron chi connectivity index (χ0n) is 13.7. The lowest BCUT2D eigenvalue weighted by Gasteiger charge is -2.10. The molecule has 0 aliphatic rings. The first kappa shape index (κ1) is 17.7. The summed E-state index contributed by atoms with van der Waals surface area (Å²) < 4.78 is 9.84. The van der Waals surface area contributed by atoms with Gasteiger partial charge in [-0.3, -0.25) is 5.32 Å². The van der Waals surface area contributed by atoms with Gasteiger partial charge in [0.25, 0.3) is 0 Å². The second-order valence-corrected chi connectivity index (χ2v) is 5.95. The van der Waals surface area contributed by atoms with E-state index in [2.05, 4.69) is 15.0 Å². The molecule has 7 heteroatoms. The first-order valence-electron chi connectivity index (χ1n) is 7.20. The van der Waals surface area contributed by atoms with Crippen LogP contribution in [0.4, 0.5) is 4.79 Å². The zero-order chi connectivity index (χ0) is 17.5. The Kier molecular flexibility index (Phi) is 6.08. The maximum absolute atomic E-state index is 12.0. The lowest BCUT2D eigenvalue weighted by atomic mass is 10.2. The van der Waals surface area contributed by atoms with Crippen molar-refractivity contribution in [3.63, 3.8) is 0 Å². The van der Waals surface area contributed by atoms with Crippen molar-refractivity contribution in [1.82, 2.24) is 10.3 Å². The van der Waals surface area contributed by atoms with Crippen LogP contribution in [0.1, 0.15) is 34.9 Å². The Hall–Kier alpha value is -2.67. The lowest BCUT2D eigenvalue weighted by molar-refractivity contribution is 0.0595. The summed E-state index contributed by atoms with van der Waals surface area (Å²) in [4.78, 5) is 27.7. The van der Waals surface area contributed by atoms with E-state index in [-0.39, 0.29) is 12.3 Å². The van der Waals surface area contributed by atoms with Crippen LogP contribution in [0.3, 0.4) is 0 Å². The number of hydrogen-bond acceptors (Lipinski definition) is 6. The van der Waals surface area contributed by atoms with Gasteiger partial charge in [0, 0.05) is 5.38 Å². The van der Waals surface area contributed by atoms with Crippen LogP contribution in [-0.2, 0) is 16.1 Å². The van der Waals surface area contributed by atoms with Gasteiger partial charge in [0.1, 0.15) is 11.6 Å². The van der Waals surface area contributed by atoms with Gasteiger partial charge in [-0.2, -0.15) is 0 Å². The Bertz CT molecular complexity index is 749. The van der Waals surface area contributed by atoms with Gasteiger partial charge in [-0.25, -0.2) is 14.6 Å². The second kappa shape index (κ2) is 8.26. The Labute approximate surface area is 144 Å². The van der Waals surface area contributed by atoms with Gasteiger partial charge in [-0.1, -0.05) is 30.3 Å². The number of methoxy groups -OCH3 is 1. The standard InChI is InChI=1S/C17H18N2O4S/c1-11(2)14(15-18-13(10-24-15)16(20)22-3)19-17(21)23-9-12-7-5-4-6-8-12/h4-8,10H,9H2,1-3H3,(H,19,21). The first-order valence-corrected chi connectivity index (χ1v) is 8.08. The van der Waals surface area contributed by atoms with E-state index in [0.29, 0.717) is 10.7 Å². The van der Waals surface area contributed by atoms with E-state index in [9.17, 15) is 9.59 Å². The number of benzene rings is 1. The summed E-state index contributed by atoms with van der Waals surface area (Å²) in [6, 6.07) is 9.40. The smallest absolute Gasteiger partial charge is 0.412 e. The number of amides is 1. The van der Waals surface area contributed by atoms with Crippen LogP contribution in [0, 0.1) is 0 Å². The van der Waals surface area contributed by atoms with E-state index in [1.807, 2.05) is 44.2 Å². The second-order valence-electron chi connectivity index (χ2n) is 5.09. The molecule has 126 valence electrons. The number of aromatic nitrogens is 1. The van der Waals surface area contributed by atoms with E-state index in [1.54, 1.807) is 5.38 Å². The van der Waals surface area contributed by atoms with Crippen LogP contribution >= 0.6 is 11.3 Å². The van der Waals surface area contributed by atoms with E-state index in [4.69, 9.17) is 4.74 Å². The summed E-state index contributed by atoms with van der Waals surface area (Å²) in [6.45, 7) is 3.85. The highest BCUT2D eigenvalue weighted by molar-refractivity contribution is 7.11. The van der Waals surface area contributed by atoms with Gasteiger partial charge >= 0.3 is 12.1 Å². The number of nitrogens with zero attached hydrogens (tertiary/aromatic N) is 1. The maximum atomic E-state index is 12.0. The van der Waals surface area contributed by atoms with Crippen molar-refractivity contribution in [2.75, 3.05) is 7.11 Å². The van der Waals surface area contributed by atoms with Crippen LogP contribution in [0.15, 0.2) is 41.3 Å². The molecule has 0 bridgehead atoms. The van der Waals surface area contributed by atoms with Crippen LogP contribution in [0.25, 0.3) is 5.70 Å². The monoisotopic (exact) mass is 346 g/mol. The van der Waals surface area contributed by atoms with Gasteiger partial charge in [0.2, 0.25) is 0 Å². The molecule has 6 nitrogen and oxygen atoms in total. The molecule has 0 radical (unpaired) electrons. The minimum Gasteiger partial charge on any atom is -0.464 e. The maximum Gasteiger partial charge on any atom is 0.412 e. The van der Waals surface area contributed by atoms with Gasteiger partial charge in [-0.15, -0.1) is 11.3 Å². The molecule has 1 amide bonds. The van der Waals surface area contributed by atoms with Crippen molar-refractivity contribution in [2.24, 2.45) is 0 Å². The third kappa shape index (κ3) is 4.66. The molecule has 0 fully saturated rings. The van der Waals surface area contributed by atoms with Crippen molar-refractivity contribution in [3.8, 4) is 0 Å². The summed E-state index contributed by atoms with van der Waals surface area (Å²) in [5.74, 6) is -0.516. The Morgan fingerprint density at radius 1 is 1.21 bits per heavy atom. The van der Waals surface area contributed by atoms with Crippen LogP contribution in [-0.4, -0.2) is 24.2 Å². The van der Waals surface area contributed by atoms with E-state index in [1.165, 1.54) is 18.4 Å². The van der Waals surface area contributed by atoms with Gasteiger partial charge in [0.05, 0.1) is 12.8 Å². The molecule has 0 aliphatic heterocycles. The topological polar surface area (TPSA) is 77.5 Å². The fourth-order valence-corrected chi connectivity index (χ4v) is 2.74. The molecule has 1 aromatic heterocycles. The summed E-state index contributed by atoms with van der Waals surface area (Å²) >= 11 is 1.25. The predicted molar refractivity (Wildman–Crippen MR) is 91.5 cm³/mol. The molecule has 1 aromatic carbocycles. The molecule has 0 saturated heterocycles. The predicted octanol–water partition coefficient (Wildman–Crippen LogP) is 3.61. The fraction of sp³-hybridized carbons (Fsp3) is 0.235. The van der Waals surface area contributed by atoms with E-state index < -0.39 is 12.1 Å². The van der Waals surface area contributed by atoms with Crippen molar-refractivity contribution in [1.29, 1.82) is 0 Å². The quantitative estimate of drug-likeness (QED) is 0.837. The molecule has 1 N–H and O–H groups in total. The van der Waals surface area contributed by atoms with Crippen LogP contribution < -0.4 is 5.32 Å². The van der Waals surface area contributed by atoms with Crippen molar-refractivity contribution < 1.29 is 19.1 Å². The normalized spacial score (nSPS) is 9.96. The van der Waals surface area contributed by atoms with Crippen molar-refractivity contribution in [3.05, 3.63) is 57.6 Å². The molecule has 0 atom stereocenters. The Balaban J connectivity index is 2.04. The SMILES string of the molecule is COC(=O)c1csc(C(NC(=O)OCc2ccccc2)=C(C)C)n1. The number of esters is 1. The number of thiazole rings is 1. The highest BCUT2D eigenvalue weighted by Gasteiger charge is 2.16. The van der Waals surface area contributed by atoms with E-state index in [0.717, 1.165) is 11.1 Å². The third-order valence-corrected chi connectivity index (χ3v) is 3.91. The average Bonchev–Trinajstić information content (AvgIpc) is 3.07. The molecule has 24 heavy (non-hydrogen) atoms. The largest absolute Gasteiger partial charge is 0.464 e. The number of carbonyl (C=O) groups is 2. The number of allylic oxidation sites excluding steroid dienone is 1. The molecule has 2 rings (SSSR count). The van der Waals surface area contributed by atoms with Crippen LogP contribution in [0.2, 0.25) is 0 Å². The summed E-state index contributed by atoms with van der Waals surface area (Å²) in [6.07, 6.45) is -0.579. The number of nitrogens with one attached hydrogen (secondary N) is 1. The fourth-order valence-electron chi connectivity index (χ4n) is 1.84. The summed E-state index contributed by atoms with van der Waals surface area (Å²) in [5.41, 5.74) is 2.47. The van der Waals surface area contributed by atoms with E-state index >= 15 is 0 Å². The number of carbonyl (C=O) groups excluding carboxylic acids is 2. The minimum absolute atomic E-state index is 0.175. The minimum atomic E-state index is -0.579. The van der Waals surface area contributed by atoms with Crippen LogP contribution in [0.5, 0.6) is 0 Å². The summed E-state index contributed by atoms with van der Waals surface area (Å²) in [7, 11) is 1.29. The highest BCUT2D eigenvalue weighted by Crippen LogP contribution is 2.21. The van der Waals surface area contributed by atoms with Crippen molar-refractivity contribution in [2.45, 2.75) is 20.5 Å². The Morgan fingerprint density at radius 3 is 2.54 bits per heavy atom. The van der Waals surface area contributed by atoms with Crippen molar-refractivity contribution >= 4 is 29.1 Å². The van der Waals surface area contributed by atoms with Gasteiger partial charge in [-0.05, 0) is 25.0 Å². The molecular formula is C17H18N2O4S. The molecule has 0 unspecified atom stereocenters. The Morgan fingerprint density at radius 2 is 1.92 bits per heavy atom. The molecule has 1 heterocycles. The molecule has 0 aliphatic carbocycles. The lowest BCUT2D eigenvalue weighted by Crippen LogP contribution is -2.23. The summed E-state index contributed by atoms with van der Waals surface area (Å²) in [5, 5.41) is 4.79. The molecule has 2 aromatic rings. The number of hydrogen-bond donors (Lipinski definition) is 1. The molecular weight excluding hydrogens is 328 g/mol. The highest BCUT2D eigenvalue weighted by atomic mass is 32.1. The number of alkyl carbamates (subject to hydrolysis) is 1. The number of rotatable bonds is 5. The third-order valence-electron chi connectivity index (χ3n) is 3.05. The number of ether oxygens (including phenoxy) is 2. The molecule has 0 saturated carbocycles. The first-order chi connectivity index (χ1) is 11.5. The van der Waals surface area contributed by atoms with Gasteiger partial charge < -0.3 is 9.47 Å².